The fraction of sp³-hybridized carbons (Fsp3) is 0.565. The van der Waals surface area contributed by atoms with Crippen LogP contribution in [0.1, 0.15) is 51.0 Å². The van der Waals surface area contributed by atoms with Crippen molar-refractivity contribution in [1.29, 1.82) is 0 Å². The molecule has 1 aromatic carbocycles. The monoisotopic (exact) mass is 428 g/mol. The van der Waals surface area contributed by atoms with Gasteiger partial charge in [0.1, 0.15) is 0 Å². The highest BCUT2D eigenvalue weighted by Crippen LogP contribution is 2.29. The molecule has 2 aliphatic heterocycles. The van der Waals surface area contributed by atoms with Crippen LogP contribution in [-0.2, 0) is 10.0 Å². The molecule has 0 aliphatic carbocycles. The van der Waals surface area contributed by atoms with Crippen molar-refractivity contribution in [3.63, 3.8) is 0 Å². The molecule has 0 saturated carbocycles. The van der Waals surface area contributed by atoms with Crippen LogP contribution in [0.2, 0.25) is 0 Å². The van der Waals surface area contributed by atoms with Crippen LogP contribution in [0, 0.1) is 12.8 Å². The number of aryl methyl sites for hydroxylation is 1. The third-order valence-corrected chi connectivity index (χ3v) is 8.47. The summed E-state index contributed by atoms with van der Waals surface area (Å²) in [7, 11) is -3.50. The van der Waals surface area contributed by atoms with Crippen LogP contribution in [0.3, 0.4) is 0 Å². The molecular weight excluding hydrogens is 396 g/mol. The maximum atomic E-state index is 13.3. The van der Waals surface area contributed by atoms with Crippen LogP contribution >= 0.6 is 0 Å². The Morgan fingerprint density at radius 2 is 1.60 bits per heavy atom. The van der Waals surface area contributed by atoms with Crippen molar-refractivity contribution in [3.8, 4) is 11.3 Å². The summed E-state index contributed by atoms with van der Waals surface area (Å²) in [4.78, 5) is 2.68. The van der Waals surface area contributed by atoms with Gasteiger partial charge < -0.3 is 4.90 Å². The molecule has 3 heterocycles. The Hall–Kier alpha value is -1.99. The van der Waals surface area contributed by atoms with E-state index >= 15 is 0 Å². The minimum absolute atomic E-state index is 0.382. The molecule has 2 saturated heterocycles. The zero-order valence-electron chi connectivity index (χ0n) is 18.0. The van der Waals surface area contributed by atoms with E-state index in [2.05, 4.69) is 22.0 Å². The molecular formula is C23H32N4O2S. The first-order valence-corrected chi connectivity index (χ1v) is 12.6. The zero-order chi connectivity index (χ0) is 21.1. The topological polar surface area (TPSA) is 66.4 Å². The van der Waals surface area contributed by atoms with Gasteiger partial charge in [-0.1, -0.05) is 31.9 Å². The number of aromatic nitrogens is 2. The van der Waals surface area contributed by atoms with E-state index in [0.717, 1.165) is 42.9 Å². The second-order valence-electron chi connectivity index (χ2n) is 8.74. The molecule has 2 fully saturated rings. The van der Waals surface area contributed by atoms with E-state index < -0.39 is 10.0 Å². The molecule has 6 nitrogen and oxygen atoms in total. The van der Waals surface area contributed by atoms with Crippen LogP contribution in [0.25, 0.3) is 11.3 Å². The fourth-order valence-electron chi connectivity index (χ4n) is 4.35. The van der Waals surface area contributed by atoms with Gasteiger partial charge >= 0.3 is 0 Å². The first-order valence-electron chi connectivity index (χ1n) is 11.1. The van der Waals surface area contributed by atoms with E-state index in [1.807, 2.05) is 31.2 Å². The van der Waals surface area contributed by atoms with Crippen molar-refractivity contribution < 1.29 is 8.42 Å². The second-order valence-corrected chi connectivity index (χ2v) is 10.7. The number of anilines is 1. The second kappa shape index (κ2) is 9.02. The maximum Gasteiger partial charge on any atom is 0.243 e. The third-order valence-electron chi connectivity index (χ3n) is 6.42. The highest BCUT2D eigenvalue weighted by Gasteiger charge is 2.29. The van der Waals surface area contributed by atoms with E-state index in [-0.39, 0.29) is 0 Å². The minimum atomic E-state index is -3.50. The molecule has 7 heteroatoms. The molecule has 162 valence electrons. The Kier molecular flexibility index (Phi) is 6.39. The number of nitrogens with zero attached hydrogens (tertiary/aromatic N) is 4. The summed E-state index contributed by atoms with van der Waals surface area (Å²) in [5.41, 5.74) is 2.27. The number of sulfonamides is 1. The average molecular weight is 429 g/mol. The standard InChI is InChI=1S/C23H32N4O2S/c1-18-11-15-27(16-12-18)30(28,29)22-17-20(8-7-19(22)2)21-9-10-23(25-24-21)26-13-5-3-4-6-14-26/h7-10,17-18H,3-6,11-16H2,1-2H3. The summed E-state index contributed by atoms with van der Waals surface area (Å²) in [5.74, 6) is 1.49. The van der Waals surface area contributed by atoms with E-state index in [9.17, 15) is 8.42 Å². The van der Waals surface area contributed by atoms with Crippen molar-refractivity contribution >= 4 is 15.8 Å². The zero-order valence-corrected chi connectivity index (χ0v) is 18.9. The molecule has 4 rings (SSSR count). The van der Waals surface area contributed by atoms with Gasteiger partial charge in [0.15, 0.2) is 5.82 Å². The Bertz CT molecular complexity index is 959. The van der Waals surface area contributed by atoms with Gasteiger partial charge in [0.2, 0.25) is 10.0 Å². The van der Waals surface area contributed by atoms with Gasteiger partial charge in [-0.25, -0.2) is 8.42 Å². The molecule has 0 radical (unpaired) electrons. The SMILES string of the molecule is Cc1ccc(-c2ccc(N3CCCCCC3)nn2)cc1S(=O)(=O)N1CCC(C)CC1. The van der Waals surface area contributed by atoms with Crippen molar-refractivity contribution in [1.82, 2.24) is 14.5 Å². The highest BCUT2D eigenvalue weighted by atomic mass is 32.2. The largest absolute Gasteiger partial charge is 0.355 e. The molecule has 0 atom stereocenters. The summed E-state index contributed by atoms with van der Waals surface area (Å²) < 4.78 is 28.2. The Labute approximate surface area is 180 Å². The quantitative estimate of drug-likeness (QED) is 0.728. The third kappa shape index (κ3) is 4.52. The van der Waals surface area contributed by atoms with Gasteiger partial charge in [0.25, 0.3) is 0 Å². The van der Waals surface area contributed by atoms with Crippen LogP contribution < -0.4 is 4.90 Å². The first kappa shape index (κ1) is 21.2. The molecule has 1 aromatic heterocycles. The minimum Gasteiger partial charge on any atom is -0.355 e. The molecule has 0 amide bonds. The van der Waals surface area contributed by atoms with E-state index in [0.29, 0.717) is 29.6 Å². The first-order chi connectivity index (χ1) is 14.4. The van der Waals surface area contributed by atoms with Crippen LogP contribution in [0.4, 0.5) is 5.82 Å². The summed E-state index contributed by atoms with van der Waals surface area (Å²) in [5, 5.41) is 8.88. The van der Waals surface area contributed by atoms with E-state index in [4.69, 9.17) is 0 Å². The maximum absolute atomic E-state index is 13.3. The number of rotatable bonds is 4. The molecule has 0 N–H and O–H groups in total. The summed E-state index contributed by atoms with van der Waals surface area (Å²) in [6, 6.07) is 9.53. The smallest absolute Gasteiger partial charge is 0.243 e. The average Bonchev–Trinajstić information content (AvgIpc) is 3.04. The van der Waals surface area contributed by atoms with Crippen LogP contribution in [-0.4, -0.2) is 49.1 Å². The predicted octanol–water partition coefficient (Wildman–Crippen LogP) is 4.25. The summed E-state index contributed by atoms with van der Waals surface area (Å²) >= 11 is 0. The number of hydrogen-bond donors (Lipinski definition) is 0. The highest BCUT2D eigenvalue weighted by molar-refractivity contribution is 7.89. The van der Waals surface area contributed by atoms with Gasteiger partial charge in [0.05, 0.1) is 10.6 Å². The van der Waals surface area contributed by atoms with Crippen molar-refractivity contribution in [2.24, 2.45) is 5.92 Å². The van der Waals surface area contributed by atoms with E-state index in [1.165, 1.54) is 25.7 Å². The number of piperidine rings is 1. The lowest BCUT2D eigenvalue weighted by Crippen LogP contribution is -2.38. The number of benzene rings is 1. The van der Waals surface area contributed by atoms with Crippen molar-refractivity contribution in [3.05, 3.63) is 35.9 Å². The van der Waals surface area contributed by atoms with Gasteiger partial charge in [-0.2, -0.15) is 4.31 Å². The molecule has 0 bridgehead atoms. The molecule has 2 aromatic rings. The van der Waals surface area contributed by atoms with Crippen molar-refractivity contribution in [2.45, 2.75) is 57.3 Å². The van der Waals surface area contributed by atoms with E-state index in [1.54, 1.807) is 10.4 Å². The Morgan fingerprint density at radius 1 is 0.900 bits per heavy atom. The fourth-order valence-corrected chi connectivity index (χ4v) is 6.07. The Balaban J connectivity index is 1.58. The number of hydrogen-bond acceptors (Lipinski definition) is 5. The van der Waals surface area contributed by atoms with Crippen LogP contribution in [0.5, 0.6) is 0 Å². The summed E-state index contributed by atoms with van der Waals surface area (Å²) in [6.07, 6.45) is 6.77. The van der Waals surface area contributed by atoms with Gasteiger partial charge in [0, 0.05) is 31.7 Å². The van der Waals surface area contributed by atoms with Crippen LogP contribution in [0.15, 0.2) is 35.2 Å². The van der Waals surface area contributed by atoms with Gasteiger partial charge in [-0.15, -0.1) is 10.2 Å². The summed E-state index contributed by atoms with van der Waals surface area (Å²) in [6.45, 7) is 7.28. The molecule has 0 spiro atoms. The van der Waals surface area contributed by atoms with Gasteiger partial charge in [-0.05, 0) is 62.3 Å². The molecule has 2 aliphatic rings. The molecule has 0 unspecified atom stereocenters. The molecule has 30 heavy (non-hydrogen) atoms. The Morgan fingerprint density at radius 3 is 2.23 bits per heavy atom. The lowest BCUT2D eigenvalue weighted by atomic mass is 10.0. The van der Waals surface area contributed by atoms with Crippen molar-refractivity contribution in [2.75, 3.05) is 31.1 Å². The lowest BCUT2D eigenvalue weighted by molar-refractivity contribution is 0.288. The normalized spacial score (nSPS) is 19.6. The lowest BCUT2D eigenvalue weighted by Gasteiger charge is -2.30. The van der Waals surface area contributed by atoms with Gasteiger partial charge in [-0.3, -0.25) is 0 Å². The predicted molar refractivity (Wildman–Crippen MR) is 120 cm³/mol.